The molecule has 0 atom stereocenters. The maximum atomic E-state index is 13.1. The highest BCUT2D eigenvalue weighted by atomic mass is 32.2. The minimum atomic E-state index is -0.238. The largest absolute Gasteiger partial charge is 0.368 e. The number of aromatic nitrogens is 4. The molecule has 0 bridgehead atoms. The number of halogens is 1. The van der Waals surface area contributed by atoms with Crippen LogP contribution in [0.25, 0.3) is 5.78 Å². The molecule has 1 aliphatic rings. The van der Waals surface area contributed by atoms with Gasteiger partial charge in [-0.3, -0.25) is 4.79 Å². The van der Waals surface area contributed by atoms with Gasteiger partial charge in [-0.2, -0.15) is 4.98 Å². The molecule has 170 valence electrons. The lowest BCUT2D eigenvalue weighted by Gasteiger charge is -2.36. The standard InChI is InChI=1S/C23H29FN6OS/c1-4-5-6-20-16(2)25-22-26-23(27-30(22)17(20)3)32-15-21(31)29-13-11-28(12-14-29)19-9-7-18(24)8-10-19/h7-10H,4-6,11-15H2,1-3H3. The first kappa shape index (κ1) is 22.5. The molecule has 2 aromatic heterocycles. The first-order chi connectivity index (χ1) is 15.5. The Morgan fingerprint density at radius 3 is 2.50 bits per heavy atom. The molecule has 3 heterocycles. The zero-order chi connectivity index (χ0) is 22.7. The van der Waals surface area contributed by atoms with Crippen molar-refractivity contribution in [3.8, 4) is 0 Å². The normalized spacial score (nSPS) is 14.4. The zero-order valence-corrected chi connectivity index (χ0v) is 19.7. The fourth-order valence-electron chi connectivity index (χ4n) is 4.05. The van der Waals surface area contributed by atoms with Crippen molar-refractivity contribution in [3.05, 3.63) is 47.0 Å². The highest BCUT2D eigenvalue weighted by Gasteiger charge is 2.22. The SMILES string of the molecule is CCCCc1c(C)nc2nc(SCC(=O)N3CCN(c4ccc(F)cc4)CC3)nn2c1C. The van der Waals surface area contributed by atoms with Gasteiger partial charge in [0.1, 0.15) is 5.82 Å². The van der Waals surface area contributed by atoms with E-state index < -0.39 is 0 Å². The maximum absolute atomic E-state index is 13.1. The molecule has 32 heavy (non-hydrogen) atoms. The van der Waals surface area contributed by atoms with Gasteiger partial charge in [0.15, 0.2) is 0 Å². The molecular formula is C23H29FN6OS. The first-order valence-electron chi connectivity index (χ1n) is 11.1. The number of amides is 1. The van der Waals surface area contributed by atoms with Crippen molar-refractivity contribution in [1.29, 1.82) is 0 Å². The van der Waals surface area contributed by atoms with E-state index in [1.807, 2.05) is 11.8 Å². The molecule has 9 heteroatoms. The van der Waals surface area contributed by atoms with Crippen LogP contribution in [0.2, 0.25) is 0 Å². The van der Waals surface area contributed by atoms with E-state index in [-0.39, 0.29) is 11.7 Å². The minimum absolute atomic E-state index is 0.0807. The summed E-state index contributed by atoms with van der Waals surface area (Å²) < 4.78 is 14.9. The van der Waals surface area contributed by atoms with Crippen molar-refractivity contribution >= 4 is 29.1 Å². The Hall–Kier alpha value is -2.68. The molecule has 1 aromatic carbocycles. The van der Waals surface area contributed by atoms with Crippen LogP contribution in [0.4, 0.5) is 10.1 Å². The van der Waals surface area contributed by atoms with E-state index in [4.69, 9.17) is 0 Å². The fraction of sp³-hybridized carbons (Fsp3) is 0.478. The van der Waals surface area contributed by atoms with Crippen LogP contribution >= 0.6 is 11.8 Å². The van der Waals surface area contributed by atoms with Crippen molar-refractivity contribution in [2.45, 2.75) is 45.2 Å². The van der Waals surface area contributed by atoms with E-state index in [1.54, 1.807) is 16.6 Å². The summed E-state index contributed by atoms with van der Waals surface area (Å²) in [6.07, 6.45) is 3.24. The smallest absolute Gasteiger partial charge is 0.253 e. The summed E-state index contributed by atoms with van der Waals surface area (Å²) in [5.41, 5.74) is 4.29. The van der Waals surface area contributed by atoms with Gasteiger partial charge in [0.25, 0.3) is 5.78 Å². The first-order valence-corrected chi connectivity index (χ1v) is 12.1. The summed E-state index contributed by atoms with van der Waals surface area (Å²) in [5, 5.41) is 5.17. The van der Waals surface area contributed by atoms with Crippen LogP contribution in [0.1, 0.15) is 36.7 Å². The van der Waals surface area contributed by atoms with E-state index in [2.05, 4.69) is 33.8 Å². The van der Waals surface area contributed by atoms with Crippen molar-refractivity contribution in [3.63, 3.8) is 0 Å². The Balaban J connectivity index is 1.35. The number of hydrogen-bond acceptors (Lipinski definition) is 6. The van der Waals surface area contributed by atoms with Crippen LogP contribution in [0.3, 0.4) is 0 Å². The molecule has 0 spiro atoms. The quantitative estimate of drug-likeness (QED) is 0.506. The van der Waals surface area contributed by atoms with Gasteiger partial charge in [-0.25, -0.2) is 13.9 Å². The third-order valence-corrected chi connectivity index (χ3v) is 6.78. The van der Waals surface area contributed by atoms with Gasteiger partial charge in [0, 0.05) is 43.3 Å². The van der Waals surface area contributed by atoms with Crippen molar-refractivity contribution in [2.24, 2.45) is 0 Å². The Kier molecular flexibility index (Phi) is 6.93. The number of unbranched alkanes of at least 4 members (excludes halogenated alkanes) is 1. The average molecular weight is 457 g/mol. The highest BCUT2D eigenvalue weighted by molar-refractivity contribution is 7.99. The molecule has 0 saturated carbocycles. The summed E-state index contributed by atoms with van der Waals surface area (Å²) in [6.45, 7) is 9.03. The lowest BCUT2D eigenvalue weighted by atomic mass is 10.1. The molecule has 7 nitrogen and oxygen atoms in total. The molecule has 3 aromatic rings. The number of fused-ring (bicyclic) bond motifs is 1. The molecule has 4 rings (SSSR count). The van der Waals surface area contributed by atoms with Crippen molar-refractivity contribution in [1.82, 2.24) is 24.5 Å². The number of carbonyl (C=O) groups is 1. The van der Waals surface area contributed by atoms with Gasteiger partial charge in [-0.05, 0) is 56.5 Å². The topological polar surface area (TPSA) is 66.6 Å². The number of hydrogen-bond donors (Lipinski definition) is 0. The molecule has 0 aliphatic carbocycles. The Bertz CT molecular complexity index is 1090. The summed E-state index contributed by atoms with van der Waals surface area (Å²) >= 11 is 1.36. The highest BCUT2D eigenvalue weighted by Crippen LogP contribution is 2.21. The lowest BCUT2D eigenvalue weighted by Crippen LogP contribution is -2.49. The second-order valence-corrected chi connectivity index (χ2v) is 9.05. The molecular weight excluding hydrogens is 427 g/mol. The van der Waals surface area contributed by atoms with Crippen molar-refractivity contribution in [2.75, 3.05) is 36.8 Å². The summed E-state index contributed by atoms with van der Waals surface area (Å²) in [4.78, 5) is 25.9. The predicted molar refractivity (Wildman–Crippen MR) is 125 cm³/mol. The maximum Gasteiger partial charge on any atom is 0.253 e. The number of anilines is 1. The van der Waals surface area contributed by atoms with Gasteiger partial charge >= 0.3 is 0 Å². The monoisotopic (exact) mass is 456 g/mol. The molecule has 1 amide bonds. The number of piperazine rings is 1. The summed E-state index contributed by atoms with van der Waals surface area (Å²) in [7, 11) is 0. The van der Waals surface area contributed by atoms with Crippen LogP contribution in [0.15, 0.2) is 29.4 Å². The number of thioether (sulfide) groups is 1. The van der Waals surface area contributed by atoms with Crippen molar-refractivity contribution < 1.29 is 9.18 Å². The lowest BCUT2D eigenvalue weighted by molar-refractivity contribution is -0.128. The van der Waals surface area contributed by atoms with Crippen LogP contribution in [-0.2, 0) is 11.2 Å². The molecule has 0 unspecified atom stereocenters. The average Bonchev–Trinajstić information content (AvgIpc) is 3.21. The Morgan fingerprint density at radius 1 is 1.09 bits per heavy atom. The van der Waals surface area contributed by atoms with E-state index >= 15 is 0 Å². The molecule has 0 N–H and O–H groups in total. The number of aryl methyl sites for hydroxylation is 2. The summed E-state index contributed by atoms with van der Waals surface area (Å²) in [6, 6.07) is 6.50. The van der Waals surface area contributed by atoms with E-state index in [0.29, 0.717) is 29.8 Å². The van der Waals surface area contributed by atoms with E-state index in [1.165, 1.54) is 29.5 Å². The molecule has 1 aliphatic heterocycles. The predicted octanol–water partition coefficient (Wildman–Crippen LogP) is 3.66. The van der Waals surface area contributed by atoms with Crippen LogP contribution in [0, 0.1) is 19.7 Å². The van der Waals surface area contributed by atoms with Gasteiger partial charge < -0.3 is 9.80 Å². The van der Waals surface area contributed by atoms with E-state index in [9.17, 15) is 9.18 Å². The second kappa shape index (κ2) is 9.85. The van der Waals surface area contributed by atoms with Crippen LogP contribution < -0.4 is 4.90 Å². The Labute approximate surface area is 192 Å². The third-order valence-electron chi connectivity index (χ3n) is 5.96. The molecule has 0 radical (unpaired) electrons. The third kappa shape index (κ3) is 4.87. The summed E-state index contributed by atoms with van der Waals surface area (Å²) in [5.74, 6) is 0.729. The number of benzene rings is 1. The molecule has 1 saturated heterocycles. The van der Waals surface area contributed by atoms with Gasteiger partial charge in [0.05, 0.1) is 5.75 Å². The van der Waals surface area contributed by atoms with Crippen LogP contribution in [-0.4, -0.2) is 62.3 Å². The second-order valence-electron chi connectivity index (χ2n) is 8.10. The Morgan fingerprint density at radius 2 is 1.81 bits per heavy atom. The number of rotatable bonds is 7. The fourth-order valence-corrected chi connectivity index (χ4v) is 4.77. The molecule has 1 fully saturated rings. The number of carbonyl (C=O) groups excluding carboxylic acids is 1. The zero-order valence-electron chi connectivity index (χ0n) is 18.8. The van der Waals surface area contributed by atoms with E-state index in [0.717, 1.165) is 49.4 Å². The van der Waals surface area contributed by atoms with Crippen LogP contribution in [0.5, 0.6) is 0 Å². The van der Waals surface area contributed by atoms with Gasteiger partial charge in [-0.1, -0.05) is 25.1 Å². The van der Waals surface area contributed by atoms with Gasteiger partial charge in [-0.15, -0.1) is 5.10 Å². The van der Waals surface area contributed by atoms with Gasteiger partial charge in [0.2, 0.25) is 11.1 Å². The minimum Gasteiger partial charge on any atom is -0.368 e. The number of nitrogens with zero attached hydrogens (tertiary/aromatic N) is 6.